The van der Waals surface area contributed by atoms with E-state index in [0.717, 1.165) is 94.1 Å². The van der Waals surface area contributed by atoms with Gasteiger partial charge < -0.3 is 29.7 Å². The molecule has 1 rings (SSSR count). The lowest BCUT2D eigenvalue weighted by molar-refractivity contribution is -0.161. The highest BCUT2D eigenvalue weighted by Crippen LogP contribution is 2.43. The van der Waals surface area contributed by atoms with Gasteiger partial charge in [0.1, 0.15) is 13.2 Å². The van der Waals surface area contributed by atoms with Crippen molar-refractivity contribution >= 4 is 43.6 Å². The zero-order valence-electron chi connectivity index (χ0n) is 41.7. The van der Waals surface area contributed by atoms with E-state index in [1.54, 1.807) is 0 Å². The number of phosphoric acid groups is 1. The van der Waals surface area contributed by atoms with E-state index >= 15 is 0 Å². The first-order valence-electron chi connectivity index (χ1n) is 25.9. The minimum Gasteiger partial charge on any atom is -0.462 e. The smallest absolute Gasteiger partial charge is 0.462 e. The first-order chi connectivity index (χ1) is 33.0. The predicted octanol–water partition coefficient (Wildman–Crippen LogP) is 10.8. The van der Waals surface area contributed by atoms with Crippen LogP contribution >= 0.6 is 7.82 Å². The van der Waals surface area contributed by atoms with Crippen LogP contribution in [0.3, 0.4) is 0 Å². The largest absolute Gasteiger partial charge is 0.472 e. The maximum atomic E-state index is 12.8. The highest BCUT2D eigenvalue weighted by atomic mass is 31.2. The van der Waals surface area contributed by atoms with Gasteiger partial charge in [-0.3, -0.25) is 37.9 Å². The average molecular weight is 982 g/mol. The number of carbonyl (C=O) groups is 6. The Balaban J connectivity index is 2.40. The van der Waals surface area contributed by atoms with Crippen LogP contribution < -0.4 is 10.6 Å². The molecule has 0 aromatic carbocycles. The van der Waals surface area contributed by atoms with E-state index in [4.69, 9.17) is 23.3 Å². The second kappa shape index (κ2) is 43.2. The molecule has 0 aromatic rings. The fourth-order valence-corrected chi connectivity index (χ4v) is 7.92. The van der Waals surface area contributed by atoms with Gasteiger partial charge in [-0.25, -0.2) is 9.36 Å². The van der Waals surface area contributed by atoms with Crippen molar-refractivity contribution in [1.29, 1.82) is 0 Å². The molecule has 17 heteroatoms. The first kappa shape index (κ1) is 62.2. The summed E-state index contributed by atoms with van der Waals surface area (Å²) in [4.78, 5) is 83.8. The standard InChI is InChI=1S/C51H88N3O13P/c1-3-5-7-9-11-13-15-17-19-21-23-25-27-29-31-33-49(58)64-43-45(67-50(59)34-32-30-28-26-24-22-20-18-16-14-12-10-8-6-4-2)44-66-68(61,62)65-42-39-53-51(60)63-41-38-52-46(55)37-40-54-47(56)35-36-48(54)57/h17-20,35-36,45H,3-16,21-34,37-44H2,1-2H3,(H,52,55)(H,53,60)(H,61,62)/b19-17-,20-18-/t45-/m1/s1. The highest BCUT2D eigenvalue weighted by Gasteiger charge is 2.27. The number of nitrogens with one attached hydrogen (secondary N) is 2. The summed E-state index contributed by atoms with van der Waals surface area (Å²) in [5.74, 6) is -2.42. The molecular weight excluding hydrogens is 894 g/mol. The SMILES string of the molecule is CCCCCCCC/C=C\CCCCCCCC(=O)OC[C@H](COP(=O)(O)OCCNC(=O)OCCNC(=O)CCN1C(=O)C=CC1=O)OC(=O)CCCCCCC/C=C\CCCCCCCC. The van der Waals surface area contributed by atoms with Gasteiger partial charge in [-0.1, -0.05) is 141 Å². The normalized spacial score (nSPS) is 13.9. The molecule has 0 aliphatic carbocycles. The molecule has 4 amide bonds. The summed E-state index contributed by atoms with van der Waals surface area (Å²) in [5.41, 5.74) is 0. The monoisotopic (exact) mass is 982 g/mol. The summed E-state index contributed by atoms with van der Waals surface area (Å²) in [5, 5.41) is 4.83. The minimum absolute atomic E-state index is 0.0290. The number of imide groups is 1. The number of phosphoric ester groups is 1. The molecule has 0 aromatic heterocycles. The molecule has 1 unspecified atom stereocenters. The summed E-state index contributed by atoms with van der Waals surface area (Å²) >= 11 is 0. The Bertz CT molecular complexity index is 1500. The maximum absolute atomic E-state index is 12.8. The van der Waals surface area contributed by atoms with Crippen molar-refractivity contribution in [2.75, 3.05) is 46.1 Å². The second-order valence-corrected chi connectivity index (χ2v) is 18.8. The van der Waals surface area contributed by atoms with Gasteiger partial charge in [0, 0.05) is 44.5 Å². The van der Waals surface area contributed by atoms with E-state index in [1.165, 1.54) is 77.0 Å². The summed E-state index contributed by atoms with van der Waals surface area (Å²) < 4.78 is 38.6. The molecular formula is C51H88N3O13P. The van der Waals surface area contributed by atoms with Crippen LogP contribution in [0.5, 0.6) is 0 Å². The molecule has 1 heterocycles. The number of hydrogen-bond donors (Lipinski definition) is 3. The Morgan fingerprint density at radius 1 is 0.574 bits per heavy atom. The summed E-state index contributed by atoms with van der Waals surface area (Å²) in [6.45, 7) is 2.57. The van der Waals surface area contributed by atoms with Gasteiger partial charge in [0.2, 0.25) is 5.91 Å². The second-order valence-electron chi connectivity index (χ2n) is 17.4. The Kier molecular flexibility index (Phi) is 39.5. The third kappa shape index (κ3) is 38.1. The van der Waals surface area contributed by atoms with Crippen LogP contribution in [0.2, 0.25) is 0 Å². The van der Waals surface area contributed by atoms with Gasteiger partial charge in [-0.05, 0) is 64.2 Å². The molecule has 0 radical (unpaired) electrons. The van der Waals surface area contributed by atoms with E-state index < -0.39 is 62.9 Å². The summed E-state index contributed by atoms with van der Waals surface area (Å²) in [7, 11) is -4.69. The lowest BCUT2D eigenvalue weighted by Gasteiger charge is -2.20. The van der Waals surface area contributed by atoms with Crippen molar-refractivity contribution in [1.82, 2.24) is 15.5 Å². The Morgan fingerprint density at radius 3 is 1.54 bits per heavy atom. The molecule has 0 bridgehead atoms. The van der Waals surface area contributed by atoms with Gasteiger partial charge in [-0.2, -0.15) is 0 Å². The molecule has 1 aliphatic heterocycles. The quantitative estimate of drug-likeness (QED) is 0.0129. The van der Waals surface area contributed by atoms with E-state index in [0.29, 0.717) is 12.8 Å². The first-order valence-corrected chi connectivity index (χ1v) is 27.4. The number of esters is 2. The van der Waals surface area contributed by atoms with Crippen LogP contribution in [0.15, 0.2) is 36.5 Å². The van der Waals surface area contributed by atoms with Gasteiger partial charge in [0.15, 0.2) is 6.10 Å². The number of hydrogen-bond acceptors (Lipinski definition) is 12. The van der Waals surface area contributed by atoms with Crippen LogP contribution in [-0.4, -0.2) is 97.7 Å². The van der Waals surface area contributed by atoms with Crippen LogP contribution in [0.1, 0.15) is 200 Å². The van der Waals surface area contributed by atoms with E-state index in [1.807, 2.05) is 0 Å². The Hall–Kier alpha value is -3.85. The number of amides is 4. The van der Waals surface area contributed by atoms with Crippen molar-refractivity contribution in [3.63, 3.8) is 0 Å². The van der Waals surface area contributed by atoms with Gasteiger partial charge in [0.25, 0.3) is 11.8 Å². The lowest BCUT2D eigenvalue weighted by Crippen LogP contribution is -2.36. The van der Waals surface area contributed by atoms with Crippen molar-refractivity contribution in [2.24, 2.45) is 0 Å². The maximum Gasteiger partial charge on any atom is 0.472 e. The average Bonchev–Trinajstić information content (AvgIpc) is 3.64. The zero-order chi connectivity index (χ0) is 49.8. The topological polar surface area (TPSA) is 213 Å². The third-order valence-corrected chi connectivity index (χ3v) is 12.2. The number of carbonyl (C=O) groups excluding carboxylic acids is 6. The molecule has 2 atom stereocenters. The highest BCUT2D eigenvalue weighted by molar-refractivity contribution is 7.47. The van der Waals surface area contributed by atoms with Crippen molar-refractivity contribution in [3.05, 3.63) is 36.5 Å². The minimum atomic E-state index is -4.69. The van der Waals surface area contributed by atoms with Crippen LogP contribution in [0.4, 0.5) is 4.79 Å². The molecule has 68 heavy (non-hydrogen) atoms. The van der Waals surface area contributed by atoms with Crippen LogP contribution in [-0.2, 0) is 51.8 Å². The van der Waals surface area contributed by atoms with Crippen molar-refractivity contribution in [2.45, 2.75) is 206 Å². The van der Waals surface area contributed by atoms with E-state index in [2.05, 4.69) is 48.8 Å². The fraction of sp³-hybridized carbons (Fsp3) is 0.765. The van der Waals surface area contributed by atoms with Crippen molar-refractivity contribution in [3.8, 4) is 0 Å². The molecule has 16 nitrogen and oxygen atoms in total. The molecule has 390 valence electrons. The van der Waals surface area contributed by atoms with Gasteiger partial charge in [-0.15, -0.1) is 0 Å². The predicted molar refractivity (Wildman–Crippen MR) is 264 cm³/mol. The van der Waals surface area contributed by atoms with Gasteiger partial charge in [0.05, 0.1) is 19.8 Å². The zero-order valence-corrected chi connectivity index (χ0v) is 42.6. The molecule has 1 aliphatic rings. The third-order valence-electron chi connectivity index (χ3n) is 11.2. The van der Waals surface area contributed by atoms with Crippen LogP contribution in [0, 0.1) is 0 Å². The molecule has 0 saturated heterocycles. The number of rotatable bonds is 46. The number of alkyl carbamates (subject to hydrolysis) is 1. The number of nitrogens with zero attached hydrogens (tertiary/aromatic N) is 1. The molecule has 3 N–H and O–H groups in total. The van der Waals surface area contributed by atoms with Gasteiger partial charge >= 0.3 is 25.9 Å². The summed E-state index contributed by atoms with van der Waals surface area (Å²) in [6, 6.07) is 0. The molecule has 0 saturated carbocycles. The number of allylic oxidation sites excluding steroid dienone is 4. The lowest BCUT2D eigenvalue weighted by atomic mass is 10.1. The van der Waals surface area contributed by atoms with Crippen molar-refractivity contribution < 1.29 is 61.5 Å². The Labute approximate surface area is 408 Å². The van der Waals surface area contributed by atoms with E-state index in [9.17, 15) is 38.2 Å². The summed E-state index contributed by atoms with van der Waals surface area (Å²) in [6.07, 6.45) is 39.0. The molecule has 0 fully saturated rings. The van der Waals surface area contributed by atoms with Crippen LogP contribution in [0.25, 0.3) is 0 Å². The molecule has 0 spiro atoms. The van der Waals surface area contributed by atoms with E-state index in [-0.39, 0.29) is 52.1 Å². The Morgan fingerprint density at radius 2 is 1.03 bits per heavy atom. The fourth-order valence-electron chi connectivity index (χ4n) is 7.17. The number of ether oxygens (including phenoxy) is 3. The number of unbranched alkanes of at least 4 members (excludes halogenated alkanes) is 22.